The monoisotopic (exact) mass is 253 g/mol. The Bertz CT molecular complexity index is 354. The fourth-order valence-electron chi connectivity index (χ4n) is 2.98. The van der Waals surface area contributed by atoms with E-state index in [2.05, 4.69) is 10.6 Å². The van der Waals surface area contributed by atoms with Gasteiger partial charge in [-0.2, -0.15) is 0 Å². The van der Waals surface area contributed by atoms with Crippen molar-refractivity contribution in [3.8, 4) is 0 Å². The summed E-state index contributed by atoms with van der Waals surface area (Å²) in [5.74, 6) is 0.287. The van der Waals surface area contributed by atoms with Crippen LogP contribution in [-0.4, -0.2) is 48.9 Å². The van der Waals surface area contributed by atoms with Crippen molar-refractivity contribution < 1.29 is 9.59 Å². The number of fused-ring (bicyclic) bond motifs is 1. The zero-order chi connectivity index (χ0) is 13.3. The molecule has 2 amide bonds. The molecule has 0 bridgehead atoms. The highest BCUT2D eigenvalue weighted by Crippen LogP contribution is 2.29. The molecule has 2 unspecified atom stereocenters. The zero-order valence-electron chi connectivity index (χ0n) is 11.5. The van der Waals surface area contributed by atoms with E-state index in [1.54, 1.807) is 7.05 Å². The van der Waals surface area contributed by atoms with Crippen molar-refractivity contribution in [2.75, 3.05) is 20.1 Å². The van der Waals surface area contributed by atoms with Crippen molar-refractivity contribution in [1.82, 2.24) is 15.5 Å². The average molecular weight is 253 g/mol. The highest BCUT2D eigenvalue weighted by atomic mass is 16.2. The Morgan fingerprint density at radius 1 is 1.50 bits per heavy atom. The summed E-state index contributed by atoms with van der Waals surface area (Å²) in [6, 6.07) is 0.557. The van der Waals surface area contributed by atoms with Gasteiger partial charge in [-0.3, -0.25) is 9.59 Å². The van der Waals surface area contributed by atoms with E-state index in [1.165, 1.54) is 0 Å². The van der Waals surface area contributed by atoms with E-state index >= 15 is 0 Å². The molecule has 2 fully saturated rings. The maximum absolute atomic E-state index is 11.8. The summed E-state index contributed by atoms with van der Waals surface area (Å²) in [6.07, 6.45) is 2.77. The van der Waals surface area contributed by atoms with Crippen LogP contribution in [0.15, 0.2) is 0 Å². The van der Waals surface area contributed by atoms with Crippen molar-refractivity contribution in [1.29, 1.82) is 0 Å². The molecule has 2 atom stereocenters. The van der Waals surface area contributed by atoms with Crippen molar-refractivity contribution in [2.24, 2.45) is 5.41 Å². The summed E-state index contributed by atoms with van der Waals surface area (Å²) < 4.78 is 0. The predicted molar refractivity (Wildman–Crippen MR) is 69.0 cm³/mol. The van der Waals surface area contributed by atoms with Crippen LogP contribution in [0.2, 0.25) is 0 Å². The van der Waals surface area contributed by atoms with Crippen LogP contribution in [0.25, 0.3) is 0 Å². The SMILES string of the molecule is CNC(=O)C(C)(C)CNC1CC(=O)N2CCCC12. The van der Waals surface area contributed by atoms with Crippen LogP contribution in [0.4, 0.5) is 0 Å². The lowest BCUT2D eigenvalue weighted by atomic mass is 9.91. The van der Waals surface area contributed by atoms with E-state index < -0.39 is 5.41 Å². The molecule has 0 aromatic carbocycles. The molecule has 2 rings (SSSR count). The first-order valence-corrected chi connectivity index (χ1v) is 6.71. The summed E-state index contributed by atoms with van der Waals surface area (Å²) in [4.78, 5) is 25.5. The quantitative estimate of drug-likeness (QED) is 0.747. The Labute approximate surface area is 108 Å². The molecular formula is C13H23N3O2. The van der Waals surface area contributed by atoms with Gasteiger partial charge in [-0.05, 0) is 26.7 Å². The normalized spacial score (nSPS) is 27.5. The summed E-state index contributed by atoms with van der Waals surface area (Å²) in [6.45, 7) is 5.35. The van der Waals surface area contributed by atoms with E-state index in [4.69, 9.17) is 0 Å². The van der Waals surface area contributed by atoms with E-state index in [9.17, 15) is 9.59 Å². The van der Waals surface area contributed by atoms with E-state index in [1.807, 2.05) is 18.7 Å². The van der Waals surface area contributed by atoms with Gasteiger partial charge in [0.15, 0.2) is 0 Å². The fraction of sp³-hybridized carbons (Fsp3) is 0.846. The molecule has 2 aliphatic heterocycles. The highest BCUT2D eigenvalue weighted by Gasteiger charge is 2.42. The number of hydrogen-bond donors (Lipinski definition) is 2. The number of rotatable bonds is 4. The second-order valence-corrected chi connectivity index (χ2v) is 5.95. The van der Waals surface area contributed by atoms with Gasteiger partial charge in [-0.1, -0.05) is 0 Å². The number of carbonyl (C=O) groups excluding carboxylic acids is 2. The third kappa shape index (κ3) is 2.36. The van der Waals surface area contributed by atoms with Crippen molar-refractivity contribution in [3.05, 3.63) is 0 Å². The standard InChI is InChI=1S/C13H23N3O2/c1-13(2,12(18)14-3)8-15-9-7-11(17)16-6-4-5-10(9)16/h9-10,15H,4-8H2,1-3H3,(H,14,18). The Hall–Kier alpha value is -1.10. The first-order chi connectivity index (χ1) is 8.45. The molecule has 0 aromatic heterocycles. The van der Waals surface area contributed by atoms with Gasteiger partial charge in [-0.25, -0.2) is 0 Å². The minimum absolute atomic E-state index is 0.0302. The summed E-state index contributed by atoms with van der Waals surface area (Å²) in [5, 5.41) is 6.10. The number of nitrogens with one attached hydrogen (secondary N) is 2. The van der Waals surface area contributed by atoms with Crippen LogP contribution < -0.4 is 10.6 Å². The zero-order valence-corrected chi connectivity index (χ0v) is 11.5. The number of nitrogens with zero attached hydrogens (tertiary/aromatic N) is 1. The van der Waals surface area contributed by atoms with Crippen molar-refractivity contribution >= 4 is 11.8 Å². The Morgan fingerprint density at radius 3 is 2.89 bits per heavy atom. The first-order valence-electron chi connectivity index (χ1n) is 6.71. The molecule has 2 saturated heterocycles. The van der Waals surface area contributed by atoms with E-state index in [-0.39, 0.29) is 17.9 Å². The minimum Gasteiger partial charge on any atom is -0.359 e. The summed E-state index contributed by atoms with van der Waals surface area (Å²) >= 11 is 0. The van der Waals surface area contributed by atoms with Gasteiger partial charge in [0.25, 0.3) is 0 Å². The second-order valence-electron chi connectivity index (χ2n) is 5.95. The Kier molecular flexibility index (Phi) is 3.61. The van der Waals surface area contributed by atoms with Crippen LogP contribution >= 0.6 is 0 Å². The molecule has 0 radical (unpaired) electrons. The molecule has 0 aromatic rings. The lowest BCUT2D eigenvalue weighted by Gasteiger charge is -2.27. The Morgan fingerprint density at radius 2 is 2.22 bits per heavy atom. The molecule has 0 saturated carbocycles. The minimum atomic E-state index is -0.441. The lowest BCUT2D eigenvalue weighted by molar-refractivity contribution is -0.129. The second kappa shape index (κ2) is 4.88. The predicted octanol–water partition coefficient (Wildman–Crippen LogP) is 0.112. The molecule has 5 nitrogen and oxygen atoms in total. The number of carbonyl (C=O) groups is 2. The largest absolute Gasteiger partial charge is 0.359 e. The van der Waals surface area contributed by atoms with Crippen molar-refractivity contribution in [2.45, 2.75) is 45.2 Å². The van der Waals surface area contributed by atoms with Gasteiger partial charge in [0, 0.05) is 38.6 Å². The van der Waals surface area contributed by atoms with E-state index in [0.717, 1.165) is 19.4 Å². The van der Waals surface area contributed by atoms with Gasteiger partial charge in [0.2, 0.25) is 11.8 Å². The van der Waals surface area contributed by atoms with Gasteiger partial charge >= 0.3 is 0 Å². The first kappa shape index (κ1) is 13.3. The third-order valence-corrected chi connectivity index (χ3v) is 4.13. The molecule has 2 N–H and O–H groups in total. The van der Waals surface area contributed by atoms with E-state index in [0.29, 0.717) is 19.0 Å². The molecule has 0 aliphatic carbocycles. The van der Waals surface area contributed by atoms with Gasteiger partial charge in [0.1, 0.15) is 0 Å². The van der Waals surface area contributed by atoms with Gasteiger partial charge in [0.05, 0.1) is 5.41 Å². The smallest absolute Gasteiger partial charge is 0.226 e. The van der Waals surface area contributed by atoms with Crippen LogP contribution in [0.5, 0.6) is 0 Å². The molecule has 102 valence electrons. The highest BCUT2D eigenvalue weighted by molar-refractivity contribution is 5.82. The molecule has 0 spiro atoms. The molecule has 2 aliphatic rings. The Balaban J connectivity index is 1.91. The maximum Gasteiger partial charge on any atom is 0.226 e. The maximum atomic E-state index is 11.8. The topological polar surface area (TPSA) is 61.4 Å². The fourth-order valence-corrected chi connectivity index (χ4v) is 2.98. The molecule has 2 heterocycles. The molecule has 5 heteroatoms. The van der Waals surface area contributed by atoms with Crippen LogP contribution in [0.1, 0.15) is 33.1 Å². The van der Waals surface area contributed by atoms with Crippen LogP contribution in [0, 0.1) is 5.41 Å². The number of hydrogen-bond acceptors (Lipinski definition) is 3. The average Bonchev–Trinajstić information content (AvgIpc) is 2.90. The van der Waals surface area contributed by atoms with Crippen molar-refractivity contribution in [3.63, 3.8) is 0 Å². The van der Waals surface area contributed by atoms with Gasteiger partial charge in [-0.15, -0.1) is 0 Å². The van der Waals surface area contributed by atoms with Crippen LogP contribution in [0.3, 0.4) is 0 Å². The summed E-state index contributed by atoms with van der Waals surface area (Å²) in [7, 11) is 1.65. The number of amides is 2. The molecular weight excluding hydrogens is 230 g/mol. The third-order valence-electron chi connectivity index (χ3n) is 4.13. The summed E-state index contributed by atoms with van der Waals surface area (Å²) in [5.41, 5.74) is -0.441. The van der Waals surface area contributed by atoms with Crippen LogP contribution in [-0.2, 0) is 9.59 Å². The lowest BCUT2D eigenvalue weighted by Crippen LogP contribution is -2.47. The van der Waals surface area contributed by atoms with Gasteiger partial charge < -0.3 is 15.5 Å². The molecule has 18 heavy (non-hydrogen) atoms.